The summed E-state index contributed by atoms with van der Waals surface area (Å²) in [5.41, 5.74) is 0. The van der Waals surface area contributed by atoms with Crippen LogP contribution in [0, 0.1) is 0 Å². The molecule has 0 saturated carbocycles. The lowest BCUT2D eigenvalue weighted by Gasteiger charge is -2.28. The van der Waals surface area contributed by atoms with E-state index in [1.54, 1.807) is 0 Å². The first-order chi connectivity index (χ1) is 5.86. The first-order valence-corrected chi connectivity index (χ1v) is 4.95. The predicted octanol–water partition coefficient (Wildman–Crippen LogP) is 0.710. The molecule has 72 valence electrons. The van der Waals surface area contributed by atoms with Crippen LogP contribution in [0.3, 0.4) is 0 Å². The Morgan fingerprint density at radius 1 is 1.50 bits per heavy atom. The fraction of sp³-hybridized carbons (Fsp3) is 1.00. The van der Waals surface area contributed by atoms with Gasteiger partial charge in [0.25, 0.3) is 0 Å². The van der Waals surface area contributed by atoms with Crippen LogP contribution >= 0.6 is 0 Å². The van der Waals surface area contributed by atoms with Gasteiger partial charge in [-0.1, -0.05) is 13.8 Å². The third kappa shape index (κ3) is 3.09. The molecule has 0 spiro atoms. The third-order valence-electron chi connectivity index (χ3n) is 2.33. The molecule has 0 aromatic heterocycles. The van der Waals surface area contributed by atoms with Crippen molar-refractivity contribution in [1.29, 1.82) is 0 Å². The summed E-state index contributed by atoms with van der Waals surface area (Å²) < 4.78 is 5.54. The van der Waals surface area contributed by atoms with E-state index in [4.69, 9.17) is 4.74 Å². The highest BCUT2D eigenvalue weighted by Gasteiger charge is 2.15. The molecule has 1 atom stereocenters. The van der Waals surface area contributed by atoms with Gasteiger partial charge in [-0.05, 0) is 12.8 Å². The molecule has 0 aliphatic carbocycles. The Hall–Kier alpha value is -0.120. The SMILES string of the molecule is CCC(CC)NC1CNCCO1. The molecule has 0 aromatic carbocycles. The highest BCUT2D eigenvalue weighted by Crippen LogP contribution is 2.00. The largest absolute Gasteiger partial charge is 0.361 e. The van der Waals surface area contributed by atoms with E-state index in [1.807, 2.05) is 0 Å². The topological polar surface area (TPSA) is 33.3 Å². The third-order valence-corrected chi connectivity index (χ3v) is 2.33. The van der Waals surface area contributed by atoms with Crippen LogP contribution in [0.2, 0.25) is 0 Å². The van der Waals surface area contributed by atoms with Crippen LogP contribution < -0.4 is 10.6 Å². The maximum absolute atomic E-state index is 5.54. The lowest BCUT2D eigenvalue weighted by molar-refractivity contribution is -0.00103. The van der Waals surface area contributed by atoms with Gasteiger partial charge < -0.3 is 10.1 Å². The van der Waals surface area contributed by atoms with E-state index in [0.29, 0.717) is 6.04 Å². The van der Waals surface area contributed by atoms with Crippen LogP contribution in [0.25, 0.3) is 0 Å². The Labute approximate surface area is 74.9 Å². The second-order valence-corrected chi connectivity index (χ2v) is 3.24. The van der Waals surface area contributed by atoms with E-state index in [9.17, 15) is 0 Å². The standard InChI is InChI=1S/C9H20N2O/c1-3-8(4-2)11-9-7-10-5-6-12-9/h8-11H,3-7H2,1-2H3. The summed E-state index contributed by atoms with van der Waals surface area (Å²) in [5.74, 6) is 0. The zero-order valence-electron chi connectivity index (χ0n) is 8.10. The van der Waals surface area contributed by atoms with Gasteiger partial charge >= 0.3 is 0 Å². The van der Waals surface area contributed by atoms with E-state index in [0.717, 1.165) is 19.7 Å². The van der Waals surface area contributed by atoms with Gasteiger partial charge in [-0.3, -0.25) is 5.32 Å². The Morgan fingerprint density at radius 3 is 2.75 bits per heavy atom. The van der Waals surface area contributed by atoms with E-state index >= 15 is 0 Å². The van der Waals surface area contributed by atoms with E-state index in [2.05, 4.69) is 24.5 Å². The molecule has 0 bridgehead atoms. The quantitative estimate of drug-likeness (QED) is 0.655. The number of rotatable bonds is 4. The van der Waals surface area contributed by atoms with Gasteiger partial charge in [0.1, 0.15) is 6.23 Å². The van der Waals surface area contributed by atoms with Crippen molar-refractivity contribution in [3.63, 3.8) is 0 Å². The number of hydrogen-bond acceptors (Lipinski definition) is 3. The van der Waals surface area contributed by atoms with Gasteiger partial charge in [0.2, 0.25) is 0 Å². The van der Waals surface area contributed by atoms with Gasteiger partial charge in [0, 0.05) is 19.1 Å². The molecule has 3 heteroatoms. The van der Waals surface area contributed by atoms with Crippen LogP contribution in [0.1, 0.15) is 26.7 Å². The molecule has 2 N–H and O–H groups in total. The molecule has 3 nitrogen and oxygen atoms in total. The molecule has 0 amide bonds. The monoisotopic (exact) mass is 172 g/mol. The van der Waals surface area contributed by atoms with Crippen molar-refractivity contribution in [1.82, 2.24) is 10.6 Å². The fourth-order valence-electron chi connectivity index (χ4n) is 1.46. The average molecular weight is 172 g/mol. The summed E-state index contributed by atoms with van der Waals surface area (Å²) in [6.07, 6.45) is 2.58. The van der Waals surface area contributed by atoms with Gasteiger partial charge in [-0.25, -0.2) is 0 Å². The van der Waals surface area contributed by atoms with Crippen LogP contribution in [0.15, 0.2) is 0 Å². The Bertz CT molecular complexity index is 109. The molecule has 1 unspecified atom stereocenters. The minimum Gasteiger partial charge on any atom is -0.361 e. The van der Waals surface area contributed by atoms with Crippen molar-refractivity contribution in [2.75, 3.05) is 19.7 Å². The first kappa shape index (κ1) is 9.96. The Balaban J connectivity index is 2.18. The lowest BCUT2D eigenvalue weighted by atomic mass is 10.1. The molecule has 1 saturated heterocycles. The summed E-state index contributed by atoms with van der Waals surface area (Å²) in [6.45, 7) is 7.17. The minimum atomic E-state index is 0.226. The molecular formula is C9H20N2O. The molecule has 1 heterocycles. The fourth-order valence-corrected chi connectivity index (χ4v) is 1.46. The van der Waals surface area contributed by atoms with Crippen molar-refractivity contribution in [3.05, 3.63) is 0 Å². The van der Waals surface area contributed by atoms with Gasteiger partial charge in [0.05, 0.1) is 6.61 Å². The zero-order valence-corrected chi connectivity index (χ0v) is 8.10. The predicted molar refractivity (Wildman–Crippen MR) is 50.1 cm³/mol. The summed E-state index contributed by atoms with van der Waals surface area (Å²) in [7, 11) is 0. The van der Waals surface area contributed by atoms with Crippen LogP contribution in [0.4, 0.5) is 0 Å². The second-order valence-electron chi connectivity index (χ2n) is 3.24. The molecule has 0 radical (unpaired) electrons. The first-order valence-electron chi connectivity index (χ1n) is 4.95. The van der Waals surface area contributed by atoms with E-state index in [-0.39, 0.29) is 6.23 Å². The van der Waals surface area contributed by atoms with Crippen molar-refractivity contribution in [2.24, 2.45) is 0 Å². The average Bonchev–Trinajstić information content (AvgIpc) is 2.16. The zero-order chi connectivity index (χ0) is 8.81. The number of ether oxygens (including phenoxy) is 1. The summed E-state index contributed by atoms with van der Waals surface area (Å²) in [6, 6.07) is 0.606. The Morgan fingerprint density at radius 2 is 2.25 bits per heavy atom. The molecule has 1 rings (SSSR count). The van der Waals surface area contributed by atoms with Crippen LogP contribution in [0.5, 0.6) is 0 Å². The summed E-state index contributed by atoms with van der Waals surface area (Å²) in [5, 5.41) is 6.77. The number of hydrogen-bond donors (Lipinski definition) is 2. The Kier molecular flexibility index (Phi) is 4.58. The van der Waals surface area contributed by atoms with E-state index in [1.165, 1.54) is 12.8 Å². The van der Waals surface area contributed by atoms with Gasteiger partial charge in [0.15, 0.2) is 0 Å². The van der Waals surface area contributed by atoms with Crippen molar-refractivity contribution < 1.29 is 4.74 Å². The van der Waals surface area contributed by atoms with E-state index < -0.39 is 0 Å². The molecule has 12 heavy (non-hydrogen) atoms. The molecular weight excluding hydrogens is 152 g/mol. The van der Waals surface area contributed by atoms with Crippen LogP contribution in [-0.4, -0.2) is 32.0 Å². The maximum Gasteiger partial charge on any atom is 0.120 e. The van der Waals surface area contributed by atoms with Gasteiger partial charge in [-0.2, -0.15) is 0 Å². The molecule has 1 aliphatic rings. The number of nitrogens with one attached hydrogen (secondary N) is 2. The van der Waals surface area contributed by atoms with Gasteiger partial charge in [-0.15, -0.1) is 0 Å². The molecule has 1 aliphatic heterocycles. The molecule has 0 aromatic rings. The second kappa shape index (κ2) is 5.51. The maximum atomic E-state index is 5.54. The lowest BCUT2D eigenvalue weighted by Crippen LogP contribution is -2.50. The van der Waals surface area contributed by atoms with Crippen molar-refractivity contribution in [2.45, 2.75) is 39.0 Å². The normalized spacial score (nSPS) is 24.8. The summed E-state index contributed by atoms with van der Waals surface area (Å²) >= 11 is 0. The smallest absolute Gasteiger partial charge is 0.120 e. The highest BCUT2D eigenvalue weighted by atomic mass is 16.5. The van der Waals surface area contributed by atoms with Crippen molar-refractivity contribution in [3.8, 4) is 0 Å². The number of morpholine rings is 1. The van der Waals surface area contributed by atoms with Crippen LogP contribution in [-0.2, 0) is 4.74 Å². The minimum absolute atomic E-state index is 0.226. The summed E-state index contributed by atoms with van der Waals surface area (Å²) in [4.78, 5) is 0. The highest BCUT2D eigenvalue weighted by molar-refractivity contribution is 4.70. The van der Waals surface area contributed by atoms with Crippen molar-refractivity contribution >= 4 is 0 Å². The molecule has 1 fully saturated rings.